The zero-order valence-corrected chi connectivity index (χ0v) is 10.4. The Morgan fingerprint density at radius 1 is 1.41 bits per heavy atom. The number of rotatable bonds is 4. The van der Waals surface area contributed by atoms with Crippen LogP contribution in [0.25, 0.3) is 0 Å². The number of alkyl halides is 1. The highest BCUT2D eigenvalue weighted by Crippen LogP contribution is 2.25. The molecule has 0 unspecified atom stereocenters. The SMILES string of the molecule is CC(C)(CNC(=O)CCl)c1ccc(F)cc1F. The number of carbonyl (C=O) groups is 1. The topological polar surface area (TPSA) is 29.1 Å². The fourth-order valence-corrected chi connectivity index (χ4v) is 1.59. The van der Waals surface area contributed by atoms with Gasteiger partial charge in [0.25, 0.3) is 0 Å². The molecule has 17 heavy (non-hydrogen) atoms. The third-order valence-corrected chi connectivity index (χ3v) is 2.75. The van der Waals surface area contributed by atoms with Crippen LogP contribution in [0.3, 0.4) is 0 Å². The van der Waals surface area contributed by atoms with Crippen molar-refractivity contribution in [2.45, 2.75) is 19.3 Å². The van der Waals surface area contributed by atoms with Crippen molar-refractivity contribution in [1.82, 2.24) is 5.32 Å². The zero-order chi connectivity index (χ0) is 13.1. The maximum atomic E-state index is 13.6. The van der Waals surface area contributed by atoms with E-state index in [1.165, 1.54) is 12.1 Å². The summed E-state index contributed by atoms with van der Waals surface area (Å²) in [5, 5.41) is 2.58. The molecule has 0 aliphatic heterocycles. The Hall–Kier alpha value is -1.16. The molecule has 0 saturated heterocycles. The molecular formula is C12H14ClF2NO. The molecule has 5 heteroatoms. The van der Waals surface area contributed by atoms with Crippen molar-refractivity contribution in [1.29, 1.82) is 0 Å². The minimum Gasteiger partial charge on any atom is -0.354 e. The van der Waals surface area contributed by atoms with Crippen LogP contribution in [0.1, 0.15) is 19.4 Å². The van der Waals surface area contributed by atoms with Gasteiger partial charge in [0, 0.05) is 18.0 Å². The Labute approximate surface area is 104 Å². The van der Waals surface area contributed by atoms with Gasteiger partial charge in [-0.15, -0.1) is 11.6 Å². The van der Waals surface area contributed by atoms with Crippen molar-refractivity contribution in [3.05, 3.63) is 35.4 Å². The van der Waals surface area contributed by atoms with Crippen molar-refractivity contribution < 1.29 is 13.6 Å². The smallest absolute Gasteiger partial charge is 0.234 e. The molecule has 0 aromatic heterocycles. The number of hydrogen-bond acceptors (Lipinski definition) is 1. The number of hydrogen-bond donors (Lipinski definition) is 1. The first-order valence-corrected chi connectivity index (χ1v) is 5.68. The number of carbonyl (C=O) groups excluding carboxylic acids is 1. The molecule has 0 atom stereocenters. The van der Waals surface area contributed by atoms with Gasteiger partial charge in [0.05, 0.1) is 0 Å². The molecule has 1 aromatic carbocycles. The van der Waals surface area contributed by atoms with E-state index in [1.54, 1.807) is 13.8 Å². The molecule has 0 fully saturated rings. The molecule has 94 valence electrons. The van der Waals surface area contributed by atoms with Gasteiger partial charge < -0.3 is 5.32 Å². The van der Waals surface area contributed by atoms with Gasteiger partial charge in [-0.2, -0.15) is 0 Å². The average molecular weight is 262 g/mol. The normalized spacial score (nSPS) is 11.4. The van der Waals surface area contributed by atoms with Crippen LogP contribution in [0.2, 0.25) is 0 Å². The molecule has 1 N–H and O–H groups in total. The second kappa shape index (κ2) is 5.45. The highest BCUT2D eigenvalue weighted by atomic mass is 35.5. The van der Waals surface area contributed by atoms with Gasteiger partial charge in [-0.25, -0.2) is 8.78 Å². The van der Waals surface area contributed by atoms with Crippen LogP contribution in [-0.2, 0) is 10.2 Å². The Morgan fingerprint density at radius 3 is 2.59 bits per heavy atom. The number of benzene rings is 1. The van der Waals surface area contributed by atoms with Crippen LogP contribution < -0.4 is 5.32 Å². The Kier molecular flexibility index (Phi) is 4.46. The molecule has 0 radical (unpaired) electrons. The van der Waals surface area contributed by atoms with Gasteiger partial charge in [-0.1, -0.05) is 19.9 Å². The quantitative estimate of drug-likeness (QED) is 0.830. The second-order valence-electron chi connectivity index (χ2n) is 4.42. The standard InChI is InChI=1S/C12H14ClF2NO/c1-12(2,7-16-11(17)6-13)9-4-3-8(14)5-10(9)15/h3-5H,6-7H2,1-2H3,(H,16,17). The summed E-state index contributed by atoms with van der Waals surface area (Å²) in [6.45, 7) is 3.76. The lowest BCUT2D eigenvalue weighted by molar-refractivity contribution is -0.118. The van der Waals surface area contributed by atoms with Gasteiger partial charge in [0.1, 0.15) is 17.5 Å². The number of amides is 1. The minimum atomic E-state index is -0.625. The molecule has 0 saturated carbocycles. The Balaban J connectivity index is 2.85. The minimum absolute atomic E-state index is 0.137. The summed E-state index contributed by atoms with van der Waals surface area (Å²) in [6.07, 6.45) is 0. The molecule has 2 nitrogen and oxygen atoms in total. The van der Waals surface area contributed by atoms with E-state index < -0.39 is 17.0 Å². The molecule has 1 rings (SSSR count). The predicted octanol–water partition coefficient (Wildman–Crippen LogP) is 2.60. The summed E-state index contributed by atoms with van der Waals surface area (Å²) in [6, 6.07) is 3.42. The summed E-state index contributed by atoms with van der Waals surface area (Å²) in [5.41, 5.74) is -0.270. The summed E-state index contributed by atoms with van der Waals surface area (Å²) in [5.74, 6) is -1.69. The third-order valence-electron chi connectivity index (χ3n) is 2.51. The highest BCUT2D eigenvalue weighted by molar-refractivity contribution is 6.27. The maximum Gasteiger partial charge on any atom is 0.234 e. The molecule has 0 heterocycles. The Bertz CT molecular complexity index is 421. The van der Waals surface area contributed by atoms with Gasteiger partial charge in [-0.3, -0.25) is 4.79 Å². The number of halogens is 3. The molecule has 1 amide bonds. The molecule has 0 spiro atoms. The largest absolute Gasteiger partial charge is 0.354 e. The predicted molar refractivity (Wildman–Crippen MR) is 63.1 cm³/mol. The van der Waals surface area contributed by atoms with E-state index in [0.29, 0.717) is 5.56 Å². The second-order valence-corrected chi connectivity index (χ2v) is 4.69. The lowest BCUT2D eigenvalue weighted by atomic mass is 9.84. The van der Waals surface area contributed by atoms with Crippen LogP contribution in [0.4, 0.5) is 8.78 Å². The van der Waals surface area contributed by atoms with E-state index in [9.17, 15) is 13.6 Å². The van der Waals surface area contributed by atoms with E-state index in [4.69, 9.17) is 11.6 Å². The van der Waals surface area contributed by atoms with Crippen LogP contribution in [-0.4, -0.2) is 18.3 Å². The van der Waals surface area contributed by atoms with Gasteiger partial charge in [0.15, 0.2) is 0 Å². The highest BCUT2D eigenvalue weighted by Gasteiger charge is 2.24. The van der Waals surface area contributed by atoms with Crippen molar-refractivity contribution in [2.24, 2.45) is 0 Å². The first-order chi connectivity index (χ1) is 7.86. The van der Waals surface area contributed by atoms with Crippen LogP contribution >= 0.6 is 11.6 Å². The first kappa shape index (κ1) is 13.9. The van der Waals surface area contributed by atoms with Gasteiger partial charge >= 0.3 is 0 Å². The van der Waals surface area contributed by atoms with Gasteiger partial charge in [-0.05, 0) is 11.6 Å². The Morgan fingerprint density at radius 2 is 2.06 bits per heavy atom. The summed E-state index contributed by atoms with van der Waals surface area (Å²) >= 11 is 5.34. The van der Waals surface area contributed by atoms with E-state index in [2.05, 4.69) is 5.32 Å². The molecule has 1 aromatic rings. The lowest BCUT2D eigenvalue weighted by Crippen LogP contribution is -2.37. The van der Waals surface area contributed by atoms with E-state index in [1.807, 2.05) is 0 Å². The van der Waals surface area contributed by atoms with E-state index in [0.717, 1.165) is 6.07 Å². The first-order valence-electron chi connectivity index (χ1n) is 5.15. The summed E-state index contributed by atoms with van der Waals surface area (Å²) in [7, 11) is 0. The van der Waals surface area contributed by atoms with E-state index in [-0.39, 0.29) is 18.3 Å². The maximum absolute atomic E-state index is 13.6. The monoisotopic (exact) mass is 261 g/mol. The van der Waals surface area contributed by atoms with Crippen molar-refractivity contribution in [3.8, 4) is 0 Å². The summed E-state index contributed by atoms with van der Waals surface area (Å²) < 4.78 is 26.4. The van der Waals surface area contributed by atoms with Crippen molar-refractivity contribution in [2.75, 3.05) is 12.4 Å². The number of nitrogens with one attached hydrogen (secondary N) is 1. The third kappa shape index (κ3) is 3.66. The fraction of sp³-hybridized carbons (Fsp3) is 0.417. The average Bonchev–Trinajstić information content (AvgIpc) is 2.25. The van der Waals surface area contributed by atoms with E-state index >= 15 is 0 Å². The zero-order valence-electron chi connectivity index (χ0n) is 9.69. The fourth-order valence-electron chi connectivity index (χ4n) is 1.50. The molecule has 0 aliphatic carbocycles. The molecular weight excluding hydrogens is 248 g/mol. The van der Waals surface area contributed by atoms with Crippen molar-refractivity contribution in [3.63, 3.8) is 0 Å². The van der Waals surface area contributed by atoms with Crippen LogP contribution in [0, 0.1) is 11.6 Å². The van der Waals surface area contributed by atoms with Crippen molar-refractivity contribution >= 4 is 17.5 Å². The summed E-state index contributed by atoms with van der Waals surface area (Å²) in [4.78, 5) is 11.0. The molecule has 0 bridgehead atoms. The van der Waals surface area contributed by atoms with Crippen LogP contribution in [0.5, 0.6) is 0 Å². The lowest BCUT2D eigenvalue weighted by Gasteiger charge is -2.26. The van der Waals surface area contributed by atoms with Crippen LogP contribution in [0.15, 0.2) is 18.2 Å². The molecule has 0 aliphatic rings. The van der Waals surface area contributed by atoms with Gasteiger partial charge in [0.2, 0.25) is 5.91 Å².